The lowest BCUT2D eigenvalue weighted by Crippen LogP contribution is -2.24. The van der Waals surface area contributed by atoms with Gasteiger partial charge >= 0.3 is 0 Å². The van der Waals surface area contributed by atoms with E-state index in [1.807, 2.05) is 0 Å². The van der Waals surface area contributed by atoms with Gasteiger partial charge in [0.2, 0.25) is 0 Å². The van der Waals surface area contributed by atoms with Gasteiger partial charge in [0.25, 0.3) is 0 Å². The lowest BCUT2D eigenvalue weighted by molar-refractivity contribution is 0.457. The average molecular weight is 183 g/mol. The molecule has 78 valence electrons. The zero-order valence-corrected chi connectivity index (χ0v) is 9.74. The first kappa shape index (κ1) is 12.5. The van der Waals surface area contributed by atoms with Crippen LogP contribution in [0.5, 0.6) is 0 Å². The van der Waals surface area contributed by atoms with Gasteiger partial charge < -0.3 is 5.32 Å². The van der Waals surface area contributed by atoms with Crippen molar-refractivity contribution in [2.24, 2.45) is 5.41 Å². The second-order valence-corrected chi connectivity index (χ2v) is 4.72. The Morgan fingerprint density at radius 2 is 1.77 bits per heavy atom. The summed E-state index contributed by atoms with van der Waals surface area (Å²) in [6, 6.07) is 0. The van der Waals surface area contributed by atoms with Crippen molar-refractivity contribution in [2.45, 2.75) is 53.4 Å². The van der Waals surface area contributed by atoms with Crippen molar-refractivity contribution in [3.05, 3.63) is 12.3 Å². The summed E-state index contributed by atoms with van der Waals surface area (Å²) in [7, 11) is 0. The minimum absolute atomic E-state index is 0.199. The topological polar surface area (TPSA) is 12.0 Å². The Labute approximate surface area is 83.6 Å². The van der Waals surface area contributed by atoms with Crippen LogP contribution >= 0.6 is 0 Å². The van der Waals surface area contributed by atoms with Crippen LogP contribution in [0.4, 0.5) is 0 Å². The first-order valence-corrected chi connectivity index (χ1v) is 5.41. The largest absolute Gasteiger partial charge is 0.388 e. The fraction of sp³-hybridized carbons (Fsp3) is 0.833. The Morgan fingerprint density at radius 3 is 2.23 bits per heavy atom. The molecule has 0 aromatic heterocycles. The first-order valence-electron chi connectivity index (χ1n) is 5.41. The van der Waals surface area contributed by atoms with Gasteiger partial charge in [-0.15, -0.1) is 0 Å². The van der Waals surface area contributed by atoms with E-state index >= 15 is 0 Å². The normalized spacial score (nSPS) is 11.4. The second-order valence-electron chi connectivity index (χ2n) is 4.72. The highest BCUT2D eigenvalue weighted by Crippen LogP contribution is 2.20. The van der Waals surface area contributed by atoms with Gasteiger partial charge in [0.05, 0.1) is 0 Å². The van der Waals surface area contributed by atoms with Crippen LogP contribution in [0.15, 0.2) is 12.3 Å². The fourth-order valence-electron chi connectivity index (χ4n) is 1.06. The molecule has 0 rings (SSSR count). The molecule has 0 aliphatic rings. The summed E-state index contributed by atoms with van der Waals surface area (Å²) >= 11 is 0. The first-order chi connectivity index (χ1) is 5.98. The highest BCUT2D eigenvalue weighted by molar-refractivity contribution is 5.01. The maximum atomic E-state index is 4.03. The molecule has 0 bridgehead atoms. The smallest absolute Gasteiger partial charge is 0.0143 e. The number of hydrogen-bond acceptors (Lipinski definition) is 1. The molecule has 0 radical (unpaired) electrons. The zero-order chi connectivity index (χ0) is 10.3. The monoisotopic (exact) mass is 183 g/mol. The summed E-state index contributed by atoms with van der Waals surface area (Å²) in [6.45, 7) is 13.9. The Morgan fingerprint density at radius 1 is 1.15 bits per heavy atom. The molecule has 1 N–H and O–H groups in total. The Hall–Kier alpha value is -0.460. The number of unbranched alkanes of at least 4 members (excludes halogenated alkanes) is 3. The van der Waals surface area contributed by atoms with Crippen LogP contribution in [0.25, 0.3) is 0 Å². The van der Waals surface area contributed by atoms with Crippen LogP contribution < -0.4 is 5.32 Å². The highest BCUT2D eigenvalue weighted by atomic mass is 14.9. The molecule has 0 unspecified atom stereocenters. The number of rotatable bonds is 6. The van der Waals surface area contributed by atoms with Gasteiger partial charge in [-0.05, 0) is 6.42 Å². The summed E-state index contributed by atoms with van der Waals surface area (Å²) < 4.78 is 0. The summed E-state index contributed by atoms with van der Waals surface area (Å²) in [5.74, 6) is 0. The third-order valence-electron chi connectivity index (χ3n) is 2.27. The lowest BCUT2D eigenvalue weighted by atomic mass is 9.93. The van der Waals surface area contributed by atoms with E-state index in [9.17, 15) is 0 Å². The third kappa shape index (κ3) is 6.68. The van der Waals surface area contributed by atoms with Crippen molar-refractivity contribution in [3.63, 3.8) is 0 Å². The molecule has 0 aliphatic carbocycles. The van der Waals surface area contributed by atoms with E-state index in [-0.39, 0.29) is 5.41 Å². The van der Waals surface area contributed by atoms with Crippen molar-refractivity contribution < 1.29 is 0 Å². The van der Waals surface area contributed by atoms with E-state index in [1.165, 1.54) is 25.7 Å². The summed E-state index contributed by atoms with van der Waals surface area (Å²) in [5, 5.41) is 3.39. The summed E-state index contributed by atoms with van der Waals surface area (Å²) in [5.41, 5.74) is 1.36. The van der Waals surface area contributed by atoms with Crippen LogP contribution in [0.2, 0.25) is 0 Å². The predicted octanol–water partition coefficient (Wildman–Crippen LogP) is 3.72. The van der Waals surface area contributed by atoms with Crippen molar-refractivity contribution >= 4 is 0 Å². The maximum Gasteiger partial charge on any atom is 0.0143 e. The standard InChI is InChI=1S/C12H25N/c1-6-7-8-9-10-13-11(2)12(3,4)5/h13H,2,6-10H2,1,3-5H3. The molecule has 0 heterocycles. The van der Waals surface area contributed by atoms with Crippen molar-refractivity contribution in [3.8, 4) is 0 Å². The number of hydrogen-bond donors (Lipinski definition) is 1. The predicted molar refractivity (Wildman–Crippen MR) is 60.7 cm³/mol. The van der Waals surface area contributed by atoms with Crippen molar-refractivity contribution in [2.75, 3.05) is 6.54 Å². The Balaban J connectivity index is 3.38. The van der Waals surface area contributed by atoms with Gasteiger partial charge in [-0.3, -0.25) is 0 Å². The van der Waals surface area contributed by atoms with Gasteiger partial charge in [-0.2, -0.15) is 0 Å². The van der Waals surface area contributed by atoms with Crippen molar-refractivity contribution in [1.82, 2.24) is 5.32 Å². The molecule has 1 heteroatoms. The van der Waals surface area contributed by atoms with Crippen LogP contribution in [0.3, 0.4) is 0 Å². The Bertz CT molecular complexity index is 142. The summed E-state index contributed by atoms with van der Waals surface area (Å²) in [6.07, 6.45) is 5.26. The van der Waals surface area contributed by atoms with E-state index in [2.05, 4.69) is 39.6 Å². The molecule has 1 nitrogen and oxygen atoms in total. The van der Waals surface area contributed by atoms with Gasteiger partial charge in [0, 0.05) is 17.7 Å². The lowest BCUT2D eigenvalue weighted by Gasteiger charge is -2.23. The molecule has 0 atom stereocenters. The van der Waals surface area contributed by atoms with Crippen LogP contribution in [0, 0.1) is 5.41 Å². The molecule has 0 aliphatic heterocycles. The maximum absolute atomic E-state index is 4.03. The van der Waals surface area contributed by atoms with Gasteiger partial charge in [-0.1, -0.05) is 53.5 Å². The van der Waals surface area contributed by atoms with Crippen LogP contribution in [-0.2, 0) is 0 Å². The van der Waals surface area contributed by atoms with E-state index < -0.39 is 0 Å². The molecule has 13 heavy (non-hydrogen) atoms. The summed E-state index contributed by atoms with van der Waals surface area (Å²) in [4.78, 5) is 0. The molecular formula is C12H25N. The third-order valence-corrected chi connectivity index (χ3v) is 2.27. The minimum Gasteiger partial charge on any atom is -0.388 e. The molecule has 0 saturated carbocycles. The van der Waals surface area contributed by atoms with Gasteiger partial charge in [-0.25, -0.2) is 0 Å². The van der Waals surface area contributed by atoms with Gasteiger partial charge in [0.15, 0.2) is 0 Å². The number of nitrogens with one attached hydrogen (secondary N) is 1. The van der Waals surface area contributed by atoms with Crippen molar-refractivity contribution in [1.29, 1.82) is 0 Å². The van der Waals surface area contributed by atoms with E-state index in [4.69, 9.17) is 0 Å². The molecule has 0 fully saturated rings. The molecule has 0 aromatic carbocycles. The fourth-order valence-corrected chi connectivity index (χ4v) is 1.06. The SMILES string of the molecule is C=C(NCCCCCC)C(C)(C)C. The number of allylic oxidation sites excluding steroid dienone is 1. The Kier molecular flexibility index (Phi) is 5.85. The van der Waals surface area contributed by atoms with Crippen LogP contribution in [0.1, 0.15) is 53.4 Å². The van der Waals surface area contributed by atoms with E-state index in [0.29, 0.717) is 0 Å². The molecule has 0 aromatic rings. The molecule has 0 saturated heterocycles. The minimum atomic E-state index is 0.199. The average Bonchev–Trinajstić information content (AvgIpc) is 2.02. The van der Waals surface area contributed by atoms with E-state index in [0.717, 1.165) is 12.2 Å². The second kappa shape index (κ2) is 6.06. The molecular weight excluding hydrogens is 158 g/mol. The molecule has 0 amide bonds. The quantitative estimate of drug-likeness (QED) is 0.619. The van der Waals surface area contributed by atoms with Crippen LogP contribution in [-0.4, -0.2) is 6.54 Å². The zero-order valence-electron chi connectivity index (χ0n) is 9.74. The van der Waals surface area contributed by atoms with E-state index in [1.54, 1.807) is 0 Å². The molecule has 0 spiro atoms. The van der Waals surface area contributed by atoms with Gasteiger partial charge in [0.1, 0.15) is 0 Å². The highest BCUT2D eigenvalue weighted by Gasteiger charge is 2.13.